The van der Waals surface area contributed by atoms with E-state index in [1.807, 2.05) is 6.08 Å². The van der Waals surface area contributed by atoms with Gasteiger partial charge in [-0.1, -0.05) is 26.3 Å². The molecular formula is C25H38O4. The van der Waals surface area contributed by atoms with Gasteiger partial charge in [0.1, 0.15) is 0 Å². The smallest absolute Gasteiger partial charge is 0.305 e. The number of aliphatic hydroxyl groups excluding tert-OH is 1. The molecule has 0 heterocycles. The summed E-state index contributed by atoms with van der Waals surface area (Å²) in [7, 11) is 1.45. The molecule has 29 heavy (non-hydrogen) atoms. The number of esters is 1. The van der Waals surface area contributed by atoms with Crippen molar-refractivity contribution in [3.63, 3.8) is 0 Å². The van der Waals surface area contributed by atoms with E-state index in [-0.39, 0.29) is 28.7 Å². The summed E-state index contributed by atoms with van der Waals surface area (Å²) in [5.41, 5.74) is 1.39. The summed E-state index contributed by atoms with van der Waals surface area (Å²) in [4.78, 5) is 23.6. The number of allylic oxidation sites excluding steroid dienone is 1. The molecule has 0 unspecified atom stereocenters. The van der Waals surface area contributed by atoms with Crippen molar-refractivity contribution in [3.8, 4) is 0 Å². The first kappa shape index (κ1) is 21.1. The average molecular weight is 403 g/mol. The summed E-state index contributed by atoms with van der Waals surface area (Å²) in [6.07, 6.45) is 9.98. The van der Waals surface area contributed by atoms with Gasteiger partial charge >= 0.3 is 5.97 Å². The van der Waals surface area contributed by atoms with Gasteiger partial charge in [0.2, 0.25) is 0 Å². The number of aliphatic hydroxyl groups is 1. The standard InChI is InChI=1S/C25H38O4/c1-15(5-10-23(28)29-4)19-8-9-20-18-7-6-16-13-17(26)11-12-24(16,2)21(18)14-22(27)25(19,20)3/h13,15,18-22,27H,5-12,14H2,1-4H3/t15-,18+,19-,20+,21+,22+,24+,25-/m1/s1. The van der Waals surface area contributed by atoms with E-state index in [0.717, 1.165) is 38.5 Å². The van der Waals surface area contributed by atoms with Gasteiger partial charge in [0.05, 0.1) is 13.2 Å². The Bertz CT molecular complexity index is 712. The molecule has 4 aliphatic carbocycles. The Morgan fingerprint density at radius 3 is 2.72 bits per heavy atom. The third kappa shape index (κ3) is 3.21. The summed E-state index contributed by atoms with van der Waals surface area (Å²) in [5, 5.41) is 11.5. The third-order valence-electron chi connectivity index (χ3n) is 9.86. The van der Waals surface area contributed by atoms with Gasteiger partial charge in [-0.05, 0) is 91.4 Å². The van der Waals surface area contributed by atoms with Crippen LogP contribution < -0.4 is 0 Å². The van der Waals surface area contributed by atoms with Crippen molar-refractivity contribution in [2.45, 2.75) is 84.7 Å². The molecule has 4 rings (SSSR count). The highest BCUT2D eigenvalue weighted by molar-refractivity contribution is 5.91. The van der Waals surface area contributed by atoms with E-state index in [1.165, 1.54) is 19.1 Å². The topological polar surface area (TPSA) is 63.6 Å². The van der Waals surface area contributed by atoms with Crippen LogP contribution in [0.1, 0.15) is 78.6 Å². The molecule has 0 bridgehead atoms. The Labute approximate surface area is 175 Å². The van der Waals surface area contributed by atoms with Gasteiger partial charge in [-0.2, -0.15) is 0 Å². The van der Waals surface area contributed by atoms with Crippen LogP contribution in [0.15, 0.2) is 11.6 Å². The lowest BCUT2D eigenvalue weighted by Crippen LogP contribution is -2.56. The Hall–Kier alpha value is -1.16. The van der Waals surface area contributed by atoms with E-state index in [2.05, 4.69) is 20.8 Å². The summed E-state index contributed by atoms with van der Waals surface area (Å²) in [6.45, 7) is 6.96. The molecule has 162 valence electrons. The molecular weight excluding hydrogens is 364 g/mol. The first-order valence-electron chi connectivity index (χ1n) is 11.7. The zero-order valence-corrected chi connectivity index (χ0v) is 18.6. The van der Waals surface area contributed by atoms with E-state index in [9.17, 15) is 14.7 Å². The number of ether oxygens (including phenoxy) is 1. The fourth-order valence-electron chi connectivity index (χ4n) is 8.13. The predicted octanol–water partition coefficient (Wildman–Crippen LogP) is 4.69. The number of carbonyl (C=O) groups excluding carboxylic acids is 2. The second-order valence-electron chi connectivity index (χ2n) is 10.9. The Morgan fingerprint density at radius 1 is 1.24 bits per heavy atom. The van der Waals surface area contributed by atoms with E-state index in [4.69, 9.17) is 4.74 Å². The lowest BCUT2D eigenvalue weighted by atomic mass is 9.45. The van der Waals surface area contributed by atoms with Crippen LogP contribution in [-0.2, 0) is 14.3 Å². The van der Waals surface area contributed by atoms with Crippen molar-refractivity contribution in [2.24, 2.45) is 40.4 Å². The van der Waals surface area contributed by atoms with Crippen LogP contribution in [0.4, 0.5) is 0 Å². The van der Waals surface area contributed by atoms with Crippen LogP contribution in [-0.4, -0.2) is 30.1 Å². The van der Waals surface area contributed by atoms with Gasteiger partial charge in [0.25, 0.3) is 0 Å². The monoisotopic (exact) mass is 402 g/mol. The molecule has 3 saturated carbocycles. The molecule has 0 amide bonds. The predicted molar refractivity (Wildman–Crippen MR) is 112 cm³/mol. The maximum Gasteiger partial charge on any atom is 0.305 e. The summed E-state index contributed by atoms with van der Waals surface area (Å²) in [5.74, 6) is 2.73. The minimum Gasteiger partial charge on any atom is -0.469 e. The molecule has 0 saturated heterocycles. The highest BCUT2D eigenvalue weighted by atomic mass is 16.5. The minimum absolute atomic E-state index is 0.0568. The molecule has 0 aromatic carbocycles. The van der Waals surface area contributed by atoms with Gasteiger partial charge in [0, 0.05) is 12.8 Å². The number of methoxy groups -OCH3 is 1. The van der Waals surface area contributed by atoms with Crippen LogP contribution in [0.5, 0.6) is 0 Å². The maximum absolute atomic E-state index is 12.0. The molecule has 0 aromatic rings. The van der Waals surface area contributed by atoms with Crippen LogP contribution in [0, 0.1) is 40.4 Å². The normalized spacial score (nSPS) is 44.9. The van der Waals surface area contributed by atoms with E-state index < -0.39 is 0 Å². The number of ketones is 1. The lowest BCUT2D eigenvalue weighted by molar-refractivity contribution is -0.144. The fraction of sp³-hybridized carbons (Fsp3) is 0.840. The molecule has 1 N–H and O–H groups in total. The van der Waals surface area contributed by atoms with Crippen molar-refractivity contribution in [3.05, 3.63) is 11.6 Å². The number of hydrogen-bond acceptors (Lipinski definition) is 4. The van der Waals surface area contributed by atoms with E-state index >= 15 is 0 Å². The first-order chi connectivity index (χ1) is 13.7. The lowest BCUT2D eigenvalue weighted by Gasteiger charge is -2.60. The molecule has 0 aliphatic heterocycles. The second kappa shape index (κ2) is 7.51. The molecule has 0 aromatic heterocycles. The third-order valence-corrected chi connectivity index (χ3v) is 9.86. The van der Waals surface area contributed by atoms with Crippen molar-refractivity contribution in [1.82, 2.24) is 0 Å². The Morgan fingerprint density at radius 2 is 2.00 bits per heavy atom. The first-order valence-corrected chi connectivity index (χ1v) is 11.7. The van der Waals surface area contributed by atoms with Crippen molar-refractivity contribution in [2.75, 3.05) is 7.11 Å². The SMILES string of the molecule is COC(=O)CC[C@@H](C)[C@H]1CC[C@H]2[C@@H]3CCC4=CC(=O)CC[C@]4(C)[C@H]3C[C@H](O)[C@]12C. The van der Waals surface area contributed by atoms with Crippen molar-refractivity contribution < 1.29 is 19.4 Å². The van der Waals surface area contributed by atoms with Crippen molar-refractivity contribution >= 4 is 11.8 Å². The minimum atomic E-state index is -0.296. The van der Waals surface area contributed by atoms with Crippen LogP contribution in [0.3, 0.4) is 0 Å². The second-order valence-corrected chi connectivity index (χ2v) is 10.9. The number of fused-ring (bicyclic) bond motifs is 5. The van der Waals surface area contributed by atoms with Gasteiger partial charge < -0.3 is 9.84 Å². The molecule has 0 spiro atoms. The fourth-order valence-corrected chi connectivity index (χ4v) is 8.13. The van der Waals surface area contributed by atoms with Crippen LogP contribution in [0.25, 0.3) is 0 Å². The molecule has 8 atom stereocenters. The number of carbonyl (C=O) groups is 2. The highest BCUT2D eigenvalue weighted by Crippen LogP contribution is 2.67. The zero-order valence-electron chi connectivity index (χ0n) is 18.6. The molecule has 0 radical (unpaired) electrons. The number of hydrogen-bond donors (Lipinski definition) is 1. The largest absolute Gasteiger partial charge is 0.469 e. The molecule has 4 nitrogen and oxygen atoms in total. The molecule has 4 aliphatic rings. The quantitative estimate of drug-likeness (QED) is 0.693. The molecule has 3 fully saturated rings. The zero-order chi connectivity index (χ0) is 21.0. The Kier molecular flexibility index (Phi) is 5.46. The van der Waals surface area contributed by atoms with Crippen molar-refractivity contribution in [1.29, 1.82) is 0 Å². The summed E-state index contributed by atoms with van der Waals surface area (Å²) >= 11 is 0. The van der Waals surface area contributed by atoms with Gasteiger partial charge in [-0.15, -0.1) is 0 Å². The van der Waals surface area contributed by atoms with Crippen LogP contribution >= 0.6 is 0 Å². The number of rotatable bonds is 4. The summed E-state index contributed by atoms with van der Waals surface area (Å²) in [6, 6.07) is 0. The van der Waals surface area contributed by atoms with Gasteiger partial charge in [0.15, 0.2) is 5.78 Å². The van der Waals surface area contributed by atoms with Gasteiger partial charge in [-0.25, -0.2) is 0 Å². The maximum atomic E-state index is 12.0. The molecule has 4 heteroatoms. The average Bonchev–Trinajstić information content (AvgIpc) is 3.06. The van der Waals surface area contributed by atoms with E-state index in [1.54, 1.807) is 0 Å². The van der Waals surface area contributed by atoms with Gasteiger partial charge in [-0.3, -0.25) is 9.59 Å². The van der Waals surface area contributed by atoms with E-state index in [0.29, 0.717) is 42.4 Å². The highest BCUT2D eigenvalue weighted by Gasteiger charge is 2.62. The van der Waals surface area contributed by atoms with Crippen LogP contribution in [0.2, 0.25) is 0 Å². The Balaban J connectivity index is 1.57. The summed E-state index contributed by atoms with van der Waals surface area (Å²) < 4.78 is 4.84.